The van der Waals surface area contributed by atoms with Crippen LogP contribution in [0.4, 0.5) is 0 Å². The van der Waals surface area contributed by atoms with Crippen LogP contribution in [0.25, 0.3) is 16.3 Å². The average Bonchev–Trinajstić information content (AvgIpc) is 2.28. The molecule has 3 radical (unpaired) electrons. The van der Waals surface area contributed by atoms with E-state index in [1.54, 1.807) is 0 Å². The van der Waals surface area contributed by atoms with Gasteiger partial charge in [0.2, 0.25) is 0 Å². The Kier molecular flexibility index (Phi) is 3.25. The lowest BCUT2D eigenvalue weighted by molar-refractivity contribution is 1.14. The van der Waals surface area contributed by atoms with Crippen LogP contribution in [0, 0.1) is 0 Å². The van der Waals surface area contributed by atoms with E-state index in [4.69, 9.17) is 0 Å². The van der Waals surface area contributed by atoms with Gasteiger partial charge >= 0.3 is 0 Å². The van der Waals surface area contributed by atoms with E-state index in [0.717, 1.165) is 18.0 Å². The number of hydrogen-bond acceptors (Lipinski definition) is 0. The van der Waals surface area contributed by atoms with Gasteiger partial charge in [-0.3, -0.25) is 0 Å². The maximum atomic E-state index is 3.97. The Morgan fingerprint density at radius 1 is 1.12 bits per heavy atom. The molecule has 0 heterocycles. The normalized spacial score (nSPS) is 10.6. The van der Waals surface area contributed by atoms with Crippen molar-refractivity contribution in [1.29, 1.82) is 0 Å². The van der Waals surface area contributed by atoms with Crippen molar-refractivity contribution in [1.82, 2.24) is 0 Å². The lowest BCUT2D eigenvalue weighted by Gasteiger charge is -2.05. The fraction of sp³-hybridized carbons (Fsp3) is 0.200. The molecule has 0 saturated carbocycles. The van der Waals surface area contributed by atoms with Gasteiger partial charge in [-0.25, -0.2) is 0 Å². The largest absolute Gasteiger partial charge is 0.0955 e. The molecule has 0 aromatic heterocycles. The zero-order chi connectivity index (χ0) is 11.5. The van der Waals surface area contributed by atoms with E-state index < -0.39 is 0 Å². The molecule has 0 N–H and O–H groups in total. The fourth-order valence-electron chi connectivity index (χ4n) is 1.86. The van der Waals surface area contributed by atoms with Crippen LogP contribution in [0.15, 0.2) is 43.0 Å². The van der Waals surface area contributed by atoms with Crippen molar-refractivity contribution in [2.75, 3.05) is 0 Å². The third-order valence-corrected chi connectivity index (χ3v) is 3.06. The van der Waals surface area contributed by atoms with E-state index in [0.29, 0.717) is 0 Å². The minimum absolute atomic E-state index is 1.01. The van der Waals surface area contributed by atoms with E-state index in [1.165, 1.54) is 21.9 Å². The van der Waals surface area contributed by atoms with Gasteiger partial charge in [-0.15, -0.1) is 0 Å². The van der Waals surface area contributed by atoms with Crippen LogP contribution in [0.1, 0.15) is 18.1 Å². The Balaban J connectivity index is 2.48. The Morgan fingerprint density at radius 3 is 2.50 bits per heavy atom. The van der Waals surface area contributed by atoms with E-state index in [-0.39, 0.29) is 0 Å². The molecule has 0 unspecified atom stereocenters. The van der Waals surface area contributed by atoms with Crippen molar-refractivity contribution in [2.24, 2.45) is 0 Å². The third kappa shape index (κ3) is 2.25. The van der Waals surface area contributed by atoms with Crippen LogP contribution in [-0.2, 0) is 6.42 Å². The fourth-order valence-corrected chi connectivity index (χ4v) is 2.15. The van der Waals surface area contributed by atoms with Gasteiger partial charge in [-0.2, -0.15) is 0 Å². The summed E-state index contributed by atoms with van der Waals surface area (Å²) in [6.07, 6.45) is 1.08. The molecule has 16 heavy (non-hydrogen) atoms. The zero-order valence-electron chi connectivity index (χ0n) is 9.59. The molecule has 0 spiro atoms. The topological polar surface area (TPSA) is 0 Å². The van der Waals surface area contributed by atoms with E-state index >= 15 is 0 Å². The molecule has 0 aliphatic rings. The van der Waals surface area contributed by atoms with Gasteiger partial charge in [0.1, 0.15) is 0 Å². The quantitative estimate of drug-likeness (QED) is 0.690. The summed E-state index contributed by atoms with van der Waals surface area (Å²) in [5.74, 6) is 0. The average molecular weight is 223 g/mol. The second kappa shape index (κ2) is 4.66. The van der Waals surface area contributed by atoms with E-state index in [9.17, 15) is 0 Å². The number of rotatable bonds is 3. The van der Waals surface area contributed by atoms with Gasteiger partial charge in [-0.1, -0.05) is 48.5 Å². The van der Waals surface area contributed by atoms with Crippen LogP contribution >= 0.6 is 0 Å². The van der Waals surface area contributed by atoms with Crippen molar-refractivity contribution in [2.45, 2.75) is 19.4 Å². The smallest absolute Gasteiger partial charge is 0.0225 e. The van der Waals surface area contributed by atoms with Crippen molar-refractivity contribution >= 4 is 26.6 Å². The highest BCUT2D eigenvalue weighted by Gasteiger charge is 1.98. The van der Waals surface area contributed by atoms with Crippen molar-refractivity contribution in [3.05, 3.63) is 54.1 Å². The van der Waals surface area contributed by atoms with Gasteiger partial charge in [0.25, 0.3) is 0 Å². The first-order valence-corrected chi connectivity index (χ1v) is 6.24. The highest BCUT2D eigenvalue weighted by Crippen LogP contribution is 2.21. The van der Waals surface area contributed by atoms with Gasteiger partial charge < -0.3 is 0 Å². The summed E-state index contributed by atoms with van der Waals surface area (Å²) in [5.41, 5.74) is 3.72. The number of benzene rings is 2. The molecule has 0 aliphatic heterocycles. The van der Waals surface area contributed by atoms with Gasteiger partial charge in [-0.05, 0) is 41.3 Å². The second-order valence-corrected chi connectivity index (χ2v) is 4.68. The van der Waals surface area contributed by atoms with E-state index in [2.05, 4.69) is 53.2 Å². The Labute approximate surface area is 100 Å². The summed E-state index contributed by atoms with van der Waals surface area (Å²) in [5, 5.41) is 2.60. The predicted molar refractivity (Wildman–Crippen MR) is 72.9 cm³/mol. The Morgan fingerprint density at radius 2 is 1.81 bits per heavy atom. The standard InChI is InChI=1S/C15H15Si/c1-11(2)13-5-6-14-9-12(7-8-16)3-4-15(14)10-13/h3-6,9-10H,1,7-8H2,2H3. The first-order chi connectivity index (χ1) is 7.70. The molecule has 0 nitrogen and oxygen atoms in total. The highest BCUT2D eigenvalue weighted by molar-refractivity contribution is 6.08. The van der Waals surface area contributed by atoms with Crippen molar-refractivity contribution < 1.29 is 0 Å². The van der Waals surface area contributed by atoms with Crippen LogP contribution in [0.3, 0.4) is 0 Å². The van der Waals surface area contributed by atoms with Crippen molar-refractivity contribution in [3.8, 4) is 0 Å². The minimum Gasteiger partial charge on any atom is -0.0955 e. The maximum Gasteiger partial charge on any atom is 0.0225 e. The summed E-state index contributed by atoms with van der Waals surface area (Å²) >= 11 is 0. The monoisotopic (exact) mass is 223 g/mol. The maximum absolute atomic E-state index is 3.97. The van der Waals surface area contributed by atoms with E-state index in [1.807, 2.05) is 6.92 Å². The van der Waals surface area contributed by atoms with Crippen LogP contribution < -0.4 is 0 Å². The Bertz CT molecular complexity index is 526. The van der Waals surface area contributed by atoms with Gasteiger partial charge in [0, 0.05) is 10.2 Å². The molecule has 0 aliphatic carbocycles. The molecule has 79 valence electrons. The lowest BCUT2D eigenvalue weighted by Crippen LogP contribution is -1.85. The molecule has 0 bridgehead atoms. The summed E-state index contributed by atoms with van der Waals surface area (Å²) in [4.78, 5) is 0. The molecule has 0 atom stereocenters. The SMILES string of the molecule is C=C(C)c1ccc2cc(CC[Si])ccc2c1. The van der Waals surface area contributed by atoms with Crippen molar-refractivity contribution in [3.63, 3.8) is 0 Å². The highest BCUT2D eigenvalue weighted by atomic mass is 28.1. The van der Waals surface area contributed by atoms with Crippen LogP contribution in [0.5, 0.6) is 0 Å². The second-order valence-electron chi connectivity index (χ2n) is 4.18. The third-order valence-electron chi connectivity index (χ3n) is 2.81. The molecule has 0 saturated heterocycles. The number of allylic oxidation sites excluding steroid dienone is 1. The lowest BCUT2D eigenvalue weighted by atomic mass is 10.0. The summed E-state index contributed by atoms with van der Waals surface area (Å²) in [6, 6.07) is 14.2. The molecular formula is C15H15Si. The number of aryl methyl sites for hydroxylation is 1. The van der Waals surface area contributed by atoms with Gasteiger partial charge in [0.15, 0.2) is 0 Å². The van der Waals surface area contributed by atoms with Crippen LogP contribution in [0.2, 0.25) is 6.04 Å². The zero-order valence-corrected chi connectivity index (χ0v) is 10.6. The Hall–Kier alpha value is -1.34. The predicted octanol–water partition coefficient (Wildman–Crippen LogP) is 4.00. The molecule has 1 heteroatoms. The molecule has 0 fully saturated rings. The summed E-state index contributed by atoms with van der Waals surface area (Å²) < 4.78 is 0. The molecule has 2 rings (SSSR count). The first kappa shape index (κ1) is 11.2. The molecule has 0 amide bonds. The first-order valence-electron chi connectivity index (χ1n) is 5.54. The van der Waals surface area contributed by atoms with Crippen LogP contribution in [-0.4, -0.2) is 10.2 Å². The number of fused-ring (bicyclic) bond motifs is 1. The molecule has 2 aromatic rings. The number of hydrogen-bond donors (Lipinski definition) is 0. The molecule has 2 aromatic carbocycles. The van der Waals surface area contributed by atoms with Gasteiger partial charge in [0.05, 0.1) is 0 Å². The molecular weight excluding hydrogens is 208 g/mol. The minimum atomic E-state index is 1.01. The summed E-state index contributed by atoms with van der Waals surface area (Å²) in [7, 11) is 3.52. The summed E-state index contributed by atoms with van der Waals surface area (Å²) in [6.45, 7) is 6.01.